The molecule has 2 aromatic carbocycles. The van der Waals surface area contributed by atoms with Crippen molar-refractivity contribution in [3.05, 3.63) is 70.8 Å². The first-order valence-electron chi connectivity index (χ1n) is 8.78. The van der Waals surface area contributed by atoms with Crippen LogP contribution in [0.4, 0.5) is 0 Å². The molecule has 25 heavy (non-hydrogen) atoms. The van der Waals surface area contributed by atoms with Gasteiger partial charge in [0.15, 0.2) is 0 Å². The summed E-state index contributed by atoms with van der Waals surface area (Å²) in [4.78, 5) is 13.0. The van der Waals surface area contributed by atoms with Crippen molar-refractivity contribution >= 4 is 5.91 Å². The number of nitrogens with one attached hydrogen (secondary N) is 1. The predicted octanol–water partition coefficient (Wildman–Crippen LogP) is 2.11. The first-order chi connectivity index (χ1) is 12.0. The molecule has 0 aliphatic rings. The Morgan fingerprint density at radius 2 is 1.32 bits per heavy atom. The van der Waals surface area contributed by atoms with E-state index in [0.29, 0.717) is 25.9 Å². The molecule has 0 fully saturated rings. The molecule has 134 valence electrons. The number of hydrogen-bond acceptors (Lipinski definition) is 3. The summed E-state index contributed by atoms with van der Waals surface area (Å²) in [6, 6.07) is 16.6. The third kappa shape index (κ3) is 5.15. The fourth-order valence-electron chi connectivity index (χ4n) is 3.03. The Bertz CT molecular complexity index is 630. The Labute approximate surface area is 150 Å². The maximum atomic E-state index is 13.0. The SMILES string of the molecule is Cc1ccc(CC(CN)(Cc2ccc(C)cc2)C(=O)NCCN)cc1. The molecule has 0 bridgehead atoms. The number of carbonyl (C=O) groups is 1. The highest BCUT2D eigenvalue weighted by Gasteiger charge is 2.37. The van der Waals surface area contributed by atoms with E-state index >= 15 is 0 Å². The van der Waals surface area contributed by atoms with Gasteiger partial charge >= 0.3 is 0 Å². The third-order valence-corrected chi connectivity index (χ3v) is 4.63. The largest absolute Gasteiger partial charge is 0.354 e. The van der Waals surface area contributed by atoms with E-state index in [0.717, 1.165) is 11.1 Å². The highest BCUT2D eigenvalue weighted by Crippen LogP contribution is 2.28. The average molecular weight is 339 g/mol. The van der Waals surface area contributed by atoms with Crippen LogP contribution in [0.5, 0.6) is 0 Å². The molecular weight excluding hydrogens is 310 g/mol. The maximum absolute atomic E-state index is 13.0. The van der Waals surface area contributed by atoms with Gasteiger partial charge in [0.1, 0.15) is 0 Å². The molecule has 2 rings (SSSR count). The molecule has 0 aliphatic heterocycles. The molecule has 0 saturated heterocycles. The molecule has 4 nitrogen and oxygen atoms in total. The van der Waals surface area contributed by atoms with Gasteiger partial charge in [-0.2, -0.15) is 0 Å². The molecule has 2 aromatic rings. The molecule has 0 heterocycles. The quantitative estimate of drug-likeness (QED) is 0.689. The van der Waals surface area contributed by atoms with E-state index in [2.05, 4.69) is 67.7 Å². The summed E-state index contributed by atoms with van der Waals surface area (Å²) in [5, 5.41) is 2.94. The zero-order valence-corrected chi connectivity index (χ0v) is 15.2. The Kier molecular flexibility index (Phi) is 6.73. The fraction of sp³-hybridized carbons (Fsp3) is 0.381. The second-order valence-corrected chi connectivity index (χ2v) is 6.85. The Hall–Kier alpha value is -2.17. The van der Waals surface area contributed by atoms with Crippen LogP contribution in [0.1, 0.15) is 22.3 Å². The van der Waals surface area contributed by atoms with Crippen LogP contribution in [-0.2, 0) is 17.6 Å². The van der Waals surface area contributed by atoms with Gasteiger partial charge in [0, 0.05) is 19.6 Å². The average Bonchev–Trinajstić information content (AvgIpc) is 2.62. The van der Waals surface area contributed by atoms with E-state index in [9.17, 15) is 4.79 Å². The van der Waals surface area contributed by atoms with Crippen molar-refractivity contribution in [3.8, 4) is 0 Å². The van der Waals surface area contributed by atoms with E-state index in [1.807, 2.05) is 0 Å². The van der Waals surface area contributed by atoms with E-state index in [1.54, 1.807) is 0 Å². The predicted molar refractivity (Wildman–Crippen MR) is 103 cm³/mol. The summed E-state index contributed by atoms with van der Waals surface area (Å²) in [6.45, 7) is 5.27. The minimum absolute atomic E-state index is 0.0263. The summed E-state index contributed by atoms with van der Waals surface area (Å²) in [5.74, 6) is -0.0263. The number of hydrogen-bond donors (Lipinski definition) is 3. The van der Waals surface area contributed by atoms with E-state index in [1.165, 1.54) is 11.1 Å². The van der Waals surface area contributed by atoms with Gasteiger partial charge in [-0.3, -0.25) is 4.79 Å². The van der Waals surface area contributed by atoms with Gasteiger partial charge in [-0.05, 0) is 37.8 Å². The molecule has 4 heteroatoms. The number of benzene rings is 2. The van der Waals surface area contributed by atoms with Crippen LogP contribution in [0.2, 0.25) is 0 Å². The standard InChI is InChI=1S/C21H29N3O/c1-16-3-7-18(8-4-16)13-21(15-23,20(25)24-12-11-22)14-19-9-5-17(2)6-10-19/h3-10H,11-15,22-23H2,1-2H3,(H,24,25). The summed E-state index contributed by atoms with van der Waals surface area (Å²) in [6.07, 6.45) is 1.21. The summed E-state index contributed by atoms with van der Waals surface area (Å²) in [7, 11) is 0. The Morgan fingerprint density at radius 1 is 0.880 bits per heavy atom. The molecule has 0 atom stereocenters. The lowest BCUT2D eigenvalue weighted by Crippen LogP contribution is -2.50. The third-order valence-electron chi connectivity index (χ3n) is 4.63. The Morgan fingerprint density at radius 3 is 1.68 bits per heavy atom. The second-order valence-electron chi connectivity index (χ2n) is 6.85. The highest BCUT2D eigenvalue weighted by atomic mass is 16.2. The van der Waals surface area contributed by atoms with Gasteiger partial charge in [-0.25, -0.2) is 0 Å². The minimum atomic E-state index is -0.681. The lowest BCUT2D eigenvalue weighted by atomic mass is 9.75. The molecule has 0 aromatic heterocycles. The van der Waals surface area contributed by atoms with Crippen LogP contribution in [0.25, 0.3) is 0 Å². The molecule has 0 unspecified atom stereocenters. The summed E-state index contributed by atoms with van der Waals surface area (Å²) >= 11 is 0. The minimum Gasteiger partial charge on any atom is -0.354 e. The first kappa shape index (κ1) is 19.2. The van der Waals surface area contributed by atoms with Crippen LogP contribution >= 0.6 is 0 Å². The van der Waals surface area contributed by atoms with Crippen LogP contribution < -0.4 is 16.8 Å². The number of amides is 1. The number of nitrogens with two attached hydrogens (primary N) is 2. The highest BCUT2D eigenvalue weighted by molar-refractivity contribution is 5.83. The first-order valence-corrected chi connectivity index (χ1v) is 8.78. The van der Waals surface area contributed by atoms with Crippen molar-refractivity contribution in [2.75, 3.05) is 19.6 Å². The van der Waals surface area contributed by atoms with Crippen molar-refractivity contribution in [3.63, 3.8) is 0 Å². The number of carbonyl (C=O) groups excluding carboxylic acids is 1. The maximum Gasteiger partial charge on any atom is 0.228 e. The monoisotopic (exact) mass is 339 g/mol. The molecule has 1 amide bonds. The molecule has 0 aliphatic carbocycles. The number of aryl methyl sites for hydroxylation is 2. The van der Waals surface area contributed by atoms with Crippen molar-refractivity contribution in [2.45, 2.75) is 26.7 Å². The lowest BCUT2D eigenvalue weighted by molar-refractivity contribution is -0.130. The van der Waals surface area contributed by atoms with E-state index in [-0.39, 0.29) is 12.5 Å². The molecular formula is C21H29N3O. The van der Waals surface area contributed by atoms with Gasteiger partial charge in [0.2, 0.25) is 5.91 Å². The summed E-state index contributed by atoms with van der Waals surface area (Å²) < 4.78 is 0. The van der Waals surface area contributed by atoms with Crippen LogP contribution in [-0.4, -0.2) is 25.5 Å². The van der Waals surface area contributed by atoms with Crippen LogP contribution in [0.3, 0.4) is 0 Å². The van der Waals surface area contributed by atoms with Gasteiger partial charge in [0.25, 0.3) is 0 Å². The van der Waals surface area contributed by atoms with Gasteiger partial charge in [0.05, 0.1) is 5.41 Å². The van der Waals surface area contributed by atoms with Crippen LogP contribution in [0.15, 0.2) is 48.5 Å². The lowest BCUT2D eigenvalue weighted by Gasteiger charge is -2.32. The molecule has 0 spiro atoms. The van der Waals surface area contributed by atoms with Crippen LogP contribution in [0, 0.1) is 19.3 Å². The van der Waals surface area contributed by atoms with E-state index in [4.69, 9.17) is 11.5 Å². The van der Waals surface area contributed by atoms with Gasteiger partial charge < -0.3 is 16.8 Å². The van der Waals surface area contributed by atoms with E-state index < -0.39 is 5.41 Å². The zero-order chi connectivity index (χ0) is 18.3. The Balaban J connectivity index is 2.31. The van der Waals surface area contributed by atoms with Crippen molar-refractivity contribution < 1.29 is 4.79 Å². The topological polar surface area (TPSA) is 81.1 Å². The van der Waals surface area contributed by atoms with Crippen molar-refractivity contribution in [1.82, 2.24) is 5.32 Å². The summed E-state index contributed by atoms with van der Waals surface area (Å²) in [5.41, 5.74) is 15.7. The molecule has 0 saturated carbocycles. The van der Waals surface area contributed by atoms with Gasteiger partial charge in [-0.15, -0.1) is 0 Å². The van der Waals surface area contributed by atoms with Crippen molar-refractivity contribution in [1.29, 1.82) is 0 Å². The fourth-order valence-corrected chi connectivity index (χ4v) is 3.03. The molecule has 0 radical (unpaired) electrons. The zero-order valence-electron chi connectivity index (χ0n) is 15.2. The molecule has 5 N–H and O–H groups in total. The van der Waals surface area contributed by atoms with Crippen molar-refractivity contribution in [2.24, 2.45) is 16.9 Å². The van der Waals surface area contributed by atoms with Gasteiger partial charge in [-0.1, -0.05) is 59.7 Å². The number of rotatable bonds is 8. The normalized spacial score (nSPS) is 11.4. The smallest absolute Gasteiger partial charge is 0.228 e. The second kappa shape index (κ2) is 8.79.